The van der Waals surface area contributed by atoms with Gasteiger partial charge in [0.15, 0.2) is 0 Å². The molecule has 3 rings (SSSR count). The number of aromatic carboxylic acids is 1. The van der Waals surface area contributed by atoms with Crippen LogP contribution >= 0.6 is 11.8 Å². The van der Waals surface area contributed by atoms with E-state index in [1.807, 2.05) is 42.5 Å². The lowest BCUT2D eigenvalue weighted by Crippen LogP contribution is -1.97. The van der Waals surface area contributed by atoms with Crippen LogP contribution in [0.25, 0.3) is 10.9 Å². The number of rotatable bonds is 3. The summed E-state index contributed by atoms with van der Waals surface area (Å²) in [5.74, 6) is -0.931. The average Bonchev–Trinajstić information content (AvgIpc) is 2.47. The second-order valence-electron chi connectivity index (χ2n) is 4.26. The molecule has 0 saturated heterocycles. The van der Waals surface area contributed by atoms with E-state index in [-0.39, 0.29) is 5.56 Å². The van der Waals surface area contributed by atoms with Crippen molar-refractivity contribution < 1.29 is 9.90 Å². The monoisotopic (exact) mass is 281 g/mol. The first-order valence-electron chi connectivity index (χ1n) is 6.09. The third-order valence-electron chi connectivity index (χ3n) is 2.91. The molecule has 1 heterocycles. The van der Waals surface area contributed by atoms with Gasteiger partial charge in [-0.1, -0.05) is 36.0 Å². The molecule has 1 N–H and O–H groups in total. The standard InChI is InChI=1S/C16H11NO2S/c18-16(19)13-7-4-8-15-14(13)9-12(10-17-15)20-11-5-2-1-3-6-11/h1-10H,(H,18,19). The van der Waals surface area contributed by atoms with E-state index in [0.717, 1.165) is 9.79 Å². The quantitative estimate of drug-likeness (QED) is 0.785. The maximum Gasteiger partial charge on any atom is 0.336 e. The van der Waals surface area contributed by atoms with Crippen LogP contribution in [0.2, 0.25) is 0 Å². The fourth-order valence-corrected chi connectivity index (χ4v) is 2.84. The van der Waals surface area contributed by atoms with Gasteiger partial charge in [0.25, 0.3) is 0 Å². The maximum atomic E-state index is 11.2. The molecule has 0 aliphatic rings. The molecule has 3 nitrogen and oxygen atoms in total. The molecule has 98 valence electrons. The third kappa shape index (κ3) is 2.51. The Morgan fingerprint density at radius 3 is 2.55 bits per heavy atom. The highest BCUT2D eigenvalue weighted by Gasteiger charge is 2.09. The zero-order valence-electron chi connectivity index (χ0n) is 10.5. The number of benzene rings is 2. The Bertz CT molecular complexity index is 772. The molecule has 0 aliphatic carbocycles. The van der Waals surface area contributed by atoms with Gasteiger partial charge in [0, 0.05) is 21.4 Å². The minimum absolute atomic E-state index is 0.283. The molecule has 0 atom stereocenters. The molecule has 4 heteroatoms. The van der Waals surface area contributed by atoms with Crippen molar-refractivity contribution >= 4 is 28.6 Å². The molecule has 0 unspecified atom stereocenters. The van der Waals surface area contributed by atoms with Gasteiger partial charge in [0.1, 0.15) is 0 Å². The van der Waals surface area contributed by atoms with Gasteiger partial charge in [0.05, 0.1) is 11.1 Å². The van der Waals surface area contributed by atoms with Crippen molar-refractivity contribution in [1.82, 2.24) is 4.98 Å². The zero-order chi connectivity index (χ0) is 13.9. The fourth-order valence-electron chi connectivity index (χ4n) is 2.00. The van der Waals surface area contributed by atoms with E-state index in [1.54, 1.807) is 30.1 Å². The largest absolute Gasteiger partial charge is 0.478 e. The highest BCUT2D eigenvalue weighted by atomic mass is 32.2. The van der Waals surface area contributed by atoms with E-state index in [2.05, 4.69) is 4.98 Å². The van der Waals surface area contributed by atoms with Crippen LogP contribution in [-0.2, 0) is 0 Å². The van der Waals surface area contributed by atoms with Crippen LogP contribution in [0, 0.1) is 0 Å². The van der Waals surface area contributed by atoms with Crippen LogP contribution in [0.15, 0.2) is 70.6 Å². The lowest BCUT2D eigenvalue weighted by atomic mass is 10.1. The number of aromatic nitrogens is 1. The van der Waals surface area contributed by atoms with E-state index >= 15 is 0 Å². The van der Waals surface area contributed by atoms with Crippen molar-refractivity contribution in [3.63, 3.8) is 0 Å². The molecule has 1 aromatic heterocycles. The first-order valence-corrected chi connectivity index (χ1v) is 6.91. The van der Waals surface area contributed by atoms with Crippen molar-refractivity contribution in [2.24, 2.45) is 0 Å². The van der Waals surface area contributed by atoms with Gasteiger partial charge in [-0.25, -0.2) is 4.79 Å². The second kappa shape index (κ2) is 5.35. The molecule has 0 fully saturated rings. The summed E-state index contributed by atoms with van der Waals surface area (Å²) < 4.78 is 0. The van der Waals surface area contributed by atoms with E-state index in [1.165, 1.54) is 0 Å². The van der Waals surface area contributed by atoms with Crippen LogP contribution in [0.5, 0.6) is 0 Å². The Balaban J connectivity index is 2.06. The minimum atomic E-state index is -0.931. The number of hydrogen-bond donors (Lipinski definition) is 1. The predicted octanol–water partition coefficient (Wildman–Crippen LogP) is 4.08. The van der Waals surface area contributed by atoms with E-state index in [0.29, 0.717) is 10.9 Å². The van der Waals surface area contributed by atoms with Crippen molar-refractivity contribution in [1.29, 1.82) is 0 Å². The number of carboxylic acid groups (broad SMARTS) is 1. The first-order chi connectivity index (χ1) is 9.74. The van der Waals surface area contributed by atoms with Crippen LogP contribution in [0.3, 0.4) is 0 Å². The topological polar surface area (TPSA) is 50.2 Å². The van der Waals surface area contributed by atoms with E-state index in [4.69, 9.17) is 0 Å². The van der Waals surface area contributed by atoms with Crippen molar-refractivity contribution in [2.75, 3.05) is 0 Å². The summed E-state index contributed by atoms with van der Waals surface area (Å²) in [5, 5.41) is 9.90. The van der Waals surface area contributed by atoms with Gasteiger partial charge in [-0.15, -0.1) is 0 Å². The lowest BCUT2D eigenvalue weighted by Gasteiger charge is -2.05. The van der Waals surface area contributed by atoms with Gasteiger partial charge in [-0.2, -0.15) is 0 Å². The Morgan fingerprint density at radius 2 is 1.80 bits per heavy atom. The fraction of sp³-hybridized carbons (Fsp3) is 0. The summed E-state index contributed by atoms with van der Waals surface area (Å²) in [6.45, 7) is 0. The predicted molar refractivity (Wildman–Crippen MR) is 79.3 cm³/mol. The Kier molecular flexibility index (Phi) is 3.39. The molecular weight excluding hydrogens is 270 g/mol. The third-order valence-corrected chi connectivity index (χ3v) is 3.88. The zero-order valence-corrected chi connectivity index (χ0v) is 11.3. The number of nitrogens with zero attached hydrogens (tertiary/aromatic N) is 1. The molecule has 0 spiro atoms. The number of pyridine rings is 1. The van der Waals surface area contributed by atoms with Crippen molar-refractivity contribution in [3.8, 4) is 0 Å². The molecule has 0 bridgehead atoms. The number of carboxylic acids is 1. The summed E-state index contributed by atoms with van der Waals surface area (Å²) in [4.78, 5) is 17.6. The molecule has 0 aliphatic heterocycles. The highest BCUT2D eigenvalue weighted by Crippen LogP contribution is 2.29. The smallest absolute Gasteiger partial charge is 0.336 e. The number of hydrogen-bond acceptors (Lipinski definition) is 3. The SMILES string of the molecule is O=C(O)c1cccc2ncc(Sc3ccccc3)cc12. The molecule has 20 heavy (non-hydrogen) atoms. The molecule has 0 amide bonds. The summed E-state index contributed by atoms with van der Waals surface area (Å²) in [5.41, 5.74) is 0.979. The maximum absolute atomic E-state index is 11.2. The van der Waals surface area contributed by atoms with Gasteiger partial charge in [0.2, 0.25) is 0 Å². The van der Waals surface area contributed by atoms with Gasteiger partial charge in [-0.3, -0.25) is 4.98 Å². The first kappa shape index (κ1) is 12.7. The summed E-state index contributed by atoms with van der Waals surface area (Å²) in [6.07, 6.45) is 1.77. The van der Waals surface area contributed by atoms with Crippen LogP contribution in [0.4, 0.5) is 0 Å². The Morgan fingerprint density at radius 1 is 1.00 bits per heavy atom. The molecule has 3 aromatic rings. The van der Waals surface area contributed by atoms with Crippen molar-refractivity contribution in [3.05, 3.63) is 66.4 Å². The second-order valence-corrected chi connectivity index (χ2v) is 5.41. The molecular formula is C16H11NO2S. The van der Waals surface area contributed by atoms with Crippen molar-refractivity contribution in [2.45, 2.75) is 9.79 Å². The Labute approximate surface area is 120 Å². The summed E-state index contributed by atoms with van der Waals surface area (Å²) in [6, 6.07) is 16.9. The minimum Gasteiger partial charge on any atom is -0.478 e. The van der Waals surface area contributed by atoms with E-state index in [9.17, 15) is 9.90 Å². The van der Waals surface area contributed by atoms with Gasteiger partial charge >= 0.3 is 5.97 Å². The molecule has 0 radical (unpaired) electrons. The van der Waals surface area contributed by atoms with Crippen LogP contribution in [0.1, 0.15) is 10.4 Å². The van der Waals surface area contributed by atoms with Gasteiger partial charge < -0.3 is 5.11 Å². The molecule has 2 aromatic carbocycles. The summed E-state index contributed by atoms with van der Waals surface area (Å²) >= 11 is 1.57. The summed E-state index contributed by atoms with van der Waals surface area (Å²) in [7, 11) is 0. The average molecular weight is 281 g/mol. The number of carbonyl (C=O) groups is 1. The number of fused-ring (bicyclic) bond motifs is 1. The normalized spacial score (nSPS) is 10.6. The lowest BCUT2D eigenvalue weighted by molar-refractivity contribution is 0.0699. The van der Waals surface area contributed by atoms with Crippen LogP contribution < -0.4 is 0 Å². The Hall–Kier alpha value is -2.33. The van der Waals surface area contributed by atoms with E-state index < -0.39 is 5.97 Å². The highest BCUT2D eigenvalue weighted by molar-refractivity contribution is 7.99. The van der Waals surface area contributed by atoms with Gasteiger partial charge in [-0.05, 0) is 30.3 Å². The molecule has 0 saturated carbocycles. The van der Waals surface area contributed by atoms with Crippen LogP contribution in [-0.4, -0.2) is 16.1 Å².